The summed E-state index contributed by atoms with van der Waals surface area (Å²) in [4.78, 5) is 12.6. The molecule has 0 aliphatic heterocycles. The van der Waals surface area contributed by atoms with Crippen LogP contribution in [0.15, 0.2) is 77.3 Å². The van der Waals surface area contributed by atoms with Crippen LogP contribution in [0, 0.1) is 0 Å². The lowest BCUT2D eigenvalue weighted by Gasteiger charge is -2.12. The van der Waals surface area contributed by atoms with Crippen LogP contribution in [0.5, 0.6) is 11.5 Å². The maximum atomic E-state index is 12.6. The molecular formula is C25H25BrN2O3S. The van der Waals surface area contributed by atoms with Crippen molar-refractivity contribution in [3.8, 4) is 11.5 Å². The van der Waals surface area contributed by atoms with Gasteiger partial charge in [-0.25, -0.2) is 0 Å². The predicted molar refractivity (Wildman–Crippen MR) is 136 cm³/mol. The molecule has 0 spiro atoms. The van der Waals surface area contributed by atoms with Gasteiger partial charge in [0.2, 0.25) is 0 Å². The van der Waals surface area contributed by atoms with Gasteiger partial charge in [-0.15, -0.1) is 0 Å². The molecule has 3 aromatic rings. The molecule has 0 aromatic heterocycles. The molecule has 0 unspecified atom stereocenters. The highest BCUT2D eigenvalue weighted by molar-refractivity contribution is 9.10. The summed E-state index contributed by atoms with van der Waals surface area (Å²) in [5, 5.41) is 5.92. The van der Waals surface area contributed by atoms with Crippen molar-refractivity contribution in [2.45, 2.75) is 19.8 Å². The fourth-order valence-electron chi connectivity index (χ4n) is 2.87. The Hall–Kier alpha value is -2.90. The lowest BCUT2D eigenvalue weighted by molar-refractivity contribution is 0.0977. The summed E-state index contributed by atoms with van der Waals surface area (Å²) in [7, 11) is 0. The Kier molecular flexibility index (Phi) is 9.07. The molecule has 0 aliphatic carbocycles. The minimum atomic E-state index is -0.304. The molecule has 0 fully saturated rings. The van der Waals surface area contributed by atoms with Crippen LogP contribution in [0.1, 0.15) is 29.3 Å². The van der Waals surface area contributed by atoms with Crippen LogP contribution in [0.25, 0.3) is 0 Å². The van der Waals surface area contributed by atoms with Gasteiger partial charge >= 0.3 is 0 Å². The van der Waals surface area contributed by atoms with Crippen molar-refractivity contribution in [2.24, 2.45) is 0 Å². The van der Waals surface area contributed by atoms with Crippen molar-refractivity contribution in [1.82, 2.24) is 5.32 Å². The van der Waals surface area contributed by atoms with E-state index in [2.05, 4.69) is 45.6 Å². The third-order valence-electron chi connectivity index (χ3n) is 4.50. The third kappa shape index (κ3) is 7.35. The number of nitrogens with one attached hydrogen (secondary N) is 2. The zero-order valence-electron chi connectivity index (χ0n) is 17.8. The molecule has 0 atom stereocenters. The number of carbonyl (C=O) groups excluding carboxylic acids is 1. The van der Waals surface area contributed by atoms with Crippen molar-refractivity contribution < 1.29 is 14.3 Å². The van der Waals surface area contributed by atoms with Crippen LogP contribution in [-0.2, 0) is 6.42 Å². The number of ether oxygens (including phenoxy) is 2. The molecule has 0 aliphatic rings. The van der Waals surface area contributed by atoms with E-state index >= 15 is 0 Å². The maximum Gasteiger partial charge on any atom is 0.257 e. The lowest BCUT2D eigenvalue weighted by Crippen LogP contribution is -2.34. The Labute approximate surface area is 202 Å². The van der Waals surface area contributed by atoms with E-state index in [4.69, 9.17) is 21.7 Å². The molecule has 1 amide bonds. The van der Waals surface area contributed by atoms with E-state index in [0.29, 0.717) is 29.0 Å². The van der Waals surface area contributed by atoms with Gasteiger partial charge in [0, 0.05) is 17.7 Å². The smallest absolute Gasteiger partial charge is 0.257 e. The molecule has 32 heavy (non-hydrogen) atoms. The first kappa shape index (κ1) is 23.8. The fraction of sp³-hybridized carbons (Fsp3) is 0.200. The van der Waals surface area contributed by atoms with Gasteiger partial charge in [-0.2, -0.15) is 0 Å². The van der Waals surface area contributed by atoms with Crippen LogP contribution in [0.4, 0.5) is 5.69 Å². The molecule has 0 saturated carbocycles. The monoisotopic (exact) mass is 512 g/mol. The average Bonchev–Trinajstić information content (AvgIpc) is 2.80. The molecule has 3 aromatic carbocycles. The minimum absolute atomic E-state index is 0.219. The summed E-state index contributed by atoms with van der Waals surface area (Å²) in [6.45, 7) is 3.28. The fourth-order valence-corrected chi connectivity index (χ4v) is 3.58. The number of benzene rings is 3. The Morgan fingerprint density at radius 3 is 2.41 bits per heavy atom. The molecule has 3 rings (SSSR count). The van der Waals surface area contributed by atoms with Crippen molar-refractivity contribution in [3.05, 3.63) is 88.4 Å². The summed E-state index contributed by atoms with van der Waals surface area (Å²) in [5.41, 5.74) is 2.45. The van der Waals surface area contributed by atoms with E-state index in [1.165, 1.54) is 5.56 Å². The highest BCUT2D eigenvalue weighted by atomic mass is 79.9. The number of rotatable bonds is 9. The van der Waals surface area contributed by atoms with E-state index in [-0.39, 0.29) is 11.0 Å². The first-order chi connectivity index (χ1) is 15.5. The van der Waals surface area contributed by atoms with E-state index in [1.54, 1.807) is 18.2 Å². The van der Waals surface area contributed by atoms with E-state index < -0.39 is 0 Å². The lowest BCUT2D eigenvalue weighted by atomic mass is 10.2. The number of anilines is 1. The summed E-state index contributed by atoms with van der Waals surface area (Å²) < 4.78 is 12.1. The number of hydrogen-bond donors (Lipinski definition) is 2. The largest absolute Gasteiger partial charge is 0.494 e. The highest BCUT2D eigenvalue weighted by Crippen LogP contribution is 2.26. The van der Waals surface area contributed by atoms with Gasteiger partial charge in [0.25, 0.3) is 5.91 Å². The first-order valence-corrected chi connectivity index (χ1v) is 11.6. The number of hydrogen-bond acceptors (Lipinski definition) is 4. The Bertz CT molecular complexity index is 1040. The highest BCUT2D eigenvalue weighted by Gasteiger charge is 2.11. The second-order valence-corrected chi connectivity index (χ2v) is 8.27. The number of halogens is 1. The Balaban J connectivity index is 1.49. The van der Waals surface area contributed by atoms with Crippen molar-refractivity contribution in [3.63, 3.8) is 0 Å². The molecule has 0 bridgehead atoms. The number of carbonyl (C=O) groups is 1. The van der Waals surface area contributed by atoms with Crippen molar-refractivity contribution in [1.29, 1.82) is 0 Å². The standard InChI is InChI=1S/C25H25BrN2O3S/c1-2-15-30-21-11-9-20(10-12-21)27-25(32)28-24(29)19-8-13-23(22(26)17-19)31-16-14-18-6-4-3-5-7-18/h3-13,17H,2,14-16H2,1H3,(H2,27,28,29,32). The molecule has 7 heteroatoms. The van der Waals surface area contributed by atoms with Gasteiger partial charge in [0.05, 0.1) is 17.7 Å². The minimum Gasteiger partial charge on any atom is -0.494 e. The van der Waals surface area contributed by atoms with Crippen LogP contribution in [0.2, 0.25) is 0 Å². The summed E-state index contributed by atoms with van der Waals surface area (Å²) in [6.07, 6.45) is 1.76. The van der Waals surface area contributed by atoms with E-state index in [9.17, 15) is 4.79 Å². The molecule has 0 radical (unpaired) electrons. The topological polar surface area (TPSA) is 59.6 Å². The van der Waals surface area contributed by atoms with Gasteiger partial charge in [-0.05, 0) is 82.6 Å². The van der Waals surface area contributed by atoms with Crippen molar-refractivity contribution in [2.75, 3.05) is 18.5 Å². The average molecular weight is 513 g/mol. The number of amides is 1. The van der Waals surface area contributed by atoms with Gasteiger partial charge < -0.3 is 14.8 Å². The molecular weight excluding hydrogens is 488 g/mol. The second kappa shape index (κ2) is 12.2. The van der Waals surface area contributed by atoms with Gasteiger partial charge in [0.15, 0.2) is 5.11 Å². The van der Waals surface area contributed by atoms with Crippen molar-refractivity contribution >= 4 is 44.9 Å². The summed E-state index contributed by atoms with van der Waals surface area (Å²) >= 11 is 8.75. The first-order valence-electron chi connectivity index (χ1n) is 10.4. The number of thiocarbonyl (C=S) groups is 1. The van der Waals surface area contributed by atoms with Crippen LogP contribution < -0.4 is 20.1 Å². The quantitative estimate of drug-likeness (QED) is 0.345. The zero-order valence-corrected chi connectivity index (χ0v) is 20.2. The molecule has 0 heterocycles. The molecule has 0 saturated heterocycles. The Morgan fingerprint density at radius 2 is 1.72 bits per heavy atom. The normalized spacial score (nSPS) is 10.3. The predicted octanol–water partition coefficient (Wildman–Crippen LogP) is 5.99. The van der Waals surface area contributed by atoms with Crippen LogP contribution in [-0.4, -0.2) is 24.2 Å². The SMILES string of the molecule is CCCOc1ccc(NC(=S)NC(=O)c2ccc(OCCc3ccccc3)c(Br)c2)cc1. The maximum absolute atomic E-state index is 12.6. The van der Waals surface area contributed by atoms with Gasteiger partial charge in [-0.1, -0.05) is 37.3 Å². The summed E-state index contributed by atoms with van der Waals surface area (Å²) in [5.74, 6) is 1.17. The molecule has 166 valence electrons. The molecule has 2 N–H and O–H groups in total. The van der Waals surface area contributed by atoms with Crippen LogP contribution >= 0.6 is 28.1 Å². The Morgan fingerprint density at radius 1 is 0.969 bits per heavy atom. The molecule has 5 nitrogen and oxygen atoms in total. The second-order valence-electron chi connectivity index (χ2n) is 7.01. The van der Waals surface area contributed by atoms with E-state index in [1.807, 2.05) is 42.5 Å². The van der Waals surface area contributed by atoms with Gasteiger partial charge in [-0.3, -0.25) is 10.1 Å². The zero-order chi connectivity index (χ0) is 22.8. The van der Waals surface area contributed by atoms with Crippen LogP contribution in [0.3, 0.4) is 0 Å². The summed E-state index contributed by atoms with van der Waals surface area (Å²) in [6, 6.07) is 22.8. The third-order valence-corrected chi connectivity index (χ3v) is 5.32. The van der Waals surface area contributed by atoms with Gasteiger partial charge in [0.1, 0.15) is 11.5 Å². The van der Waals surface area contributed by atoms with E-state index in [0.717, 1.165) is 24.3 Å².